The van der Waals surface area contributed by atoms with E-state index in [1.54, 1.807) is 19.1 Å². The monoisotopic (exact) mass is 286 g/mol. The zero-order chi connectivity index (χ0) is 14.6. The van der Waals surface area contributed by atoms with Gasteiger partial charge in [0.1, 0.15) is 5.75 Å². The van der Waals surface area contributed by atoms with Gasteiger partial charge in [0.25, 0.3) is 0 Å². The summed E-state index contributed by atoms with van der Waals surface area (Å²) in [5, 5.41) is 23.8. The summed E-state index contributed by atoms with van der Waals surface area (Å²) in [4.78, 5) is 1.93. The molecule has 0 heterocycles. The van der Waals surface area contributed by atoms with Crippen LogP contribution in [0, 0.1) is 6.92 Å². The Balaban J connectivity index is 2.58. The number of aliphatic hydroxyl groups is 1. The van der Waals surface area contributed by atoms with Crippen molar-refractivity contribution >= 4 is 11.6 Å². The lowest BCUT2D eigenvalue weighted by molar-refractivity contribution is 0.0335. The Labute approximate surface area is 120 Å². The third-order valence-electron chi connectivity index (χ3n) is 2.82. The summed E-state index contributed by atoms with van der Waals surface area (Å²) in [7, 11) is 3.83. The van der Waals surface area contributed by atoms with Crippen LogP contribution in [0.5, 0.6) is 5.75 Å². The molecular weight excluding hydrogens is 264 g/mol. The molecule has 108 valence electrons. The number of hydrogen-bond donors (Lipinski definition) is 3. The van der Waals surface area contributed by atoms with Crippen molar-refractivity contribution in [2.45, 2.75) is 26.0 Å². The highest BCUT2D eigenvalue weighted by Crippen LogP contribution is 2.26. The second-order valence-corrected chi connectivity index (χ2v) is 6.01. The van der Waals surface area contributed by atoms with Crippen LogP contribution in [-0.2, 0) is 6.54 Å². The Kier molecular flexibility index (Phi) is 5.62. The molecular formula is C14H23ClN2O2. The summed E-state index contributed by atoms with van der Waals surface area (Å²) < 4.78 is 0. The Hall–Kier alpha value is -0.810. The van der Waals surface area contributed by atoms with Crippen LogP contribution in [0.15, 0.2) is 12.1 Å². The highest BCUT2D eigenvalue weighted by molar-refractivity contribution is 6.30. The minimum atomic E-state index is -0.813. The van der Waals surface area contributed by atoms with E-state index in [0.29, 0.717) is 24.7 Å². The molecule has 3 N–H and O–H groups in total. The summed E-state index contributed by atoms with van der Waals surface area (Å²) >= 11 is 5.96. The predicted molar refractivity (Wildman–Crippen MR) is 78.7 cm³/mol. The van der Waals surface area contributed by atoms with E-state index in [1.807, 2.05) is 25.9 Å². The number of hydrogen-bond acceptors (Lipinski definition) is 4. The van der Waals surface area contributed by atoms with E-state index in [1.165, 1.54) is 0 Å². The van der Waals surface area contributed by atoms with Gasteiger partial charge in [-0.15, -0.1) is 0 Å². The average molecular weight is 287 g/mol. The van der Waals surface area contributed by atoms with Crippen molar-refractivity contribution in [1.29, 1.82) is 0 Å². The molecule has 4 nitrogen and oxygen atoms in total. The van der Waals surface area contributed by atoms with Gasteiger partial charge in [0.2, 0.25) is 0 Å². The molecule has 1 rings (SSSR count). The fourth-order valence-electron chi connectivity index (χ4n) is 2.14. The van der Waals surface area contributed by atoms with Crippen LogP contribution in [0.2, 0.25) is 5.02 Å². The van der Waals surface area contributed by atoms with E-state index in [4.69, 9.17) is 11.6 Å². The third kappa shape index (κ3) is 5.37. The van der Waals surface area contributed by atoms with Crippen LogP contribution in [0.4, 0.5) is 0 Å². The molecule has 0 aliphatic carbocycles. The SMILES string of the molecule is Cc1cc(Cl)cc(CNCC(C)(O)CN(C)C)c1O. The van der Waals surface area contributed by atoms with E-state index >= 15 is 0 Å². The van der Waals surface area contributed by atoms with Crippen LogP contribution >= 0.6 is 11.6 Å². The van der Waals surface area contributed by atoms with Crippen molar-refractivity contribution in [2.24, 2.45) is 0 Å². The lowest BCUT2D eigenvalue weighted by Crippen LogP contribution is -2.45. The molecule has 0 amide bonds. The van der Waals surface area contributed by atoms with Crippen molar-refractivity contribution in [2.75, 3.05) is 27.2 Å². The second-order valence-electron chi connectivity index (χ2n) is 5.57. The molecule has 1 aromatic carbocycles. The highest BCUT2D eigenvalue weighted by Gasteiger charge is 2.20. The summed E-state index contributed by atoms with van der Waals surface area (Å²) in [5.41, 5.74) is 0.683. The maximum absolute atomic E-state index is 10.1. The number of phenolic OH excluding ortho intramolecular Hbond substituents is 1. The molecule has 0 aromatic heterocycles. The van der Waals surface area contributed by atoms with Gasteiger partial charge in [-0.05, 0) is 45.6 Å². The Morgan fingerprint density at radius 3 is 2.58 bits per heavy atom. The second kappa shape index (κ2) is 6.57. The lowest BCUT2D eigenvalue weighted by atomic mass is 10.1. The van der Waals surface area contributed by atoms with Crippen LogP contribution < -0.4 is 5.32 Å². The summed E-state index contributed by atoms with van der Waals surface area (Å²) in [6.45, 7) is 5.07. The van der Waals surface area contributed by atoms with Gasteiger partial charge >= 0.3 is 0 Å². The lowest BCUT2D eigenvalue weighted by Gasteiger charge is -2.27. The number of rotatable bonds is 6. The van der Waals surface area contributed by atoms with Gasteiger partial charge in [-0.3, -0.25) is 0 Å². The molecule has 0 saturated carbocycles. The summed E-state index contributed by atoms with van der Waals surface area (Å²) in [6.07, 6.45) is 0. The average Bonchev–Trinajstić information content (AvgIpc) is 2.22. The first-order valence-corrected chi connectivity index (χ1v) is 6.65. The normalized spacial score (nSPS) is 14.7. The highest BCUT2D eigenvalue weighted by atomic mass is 35.5. The molecule has 1 aromatic rings. The third-order valence-corrected chi connectivity index (χ3v) is 3.04. The zero-order valence-corrected chi connectivity index (χ0v) is 12.8. The molecule has 0 bridgehead atoms. The van der Waals surface area contributed by atoms with Crippen molar-refractivity contribution in [1.82, 2.24) is 10.2 Å². The number of aromatic hydroxyl groups is 1. The standard InChI is InChI=1S/C14H23ClN2O2/c1-10-5-12(15)6-11(13(10)18)7-16-8-14(2,19)9-17(3)4/h5-6,16,18-19H,7-9H2,1-4H3. The molecule has 5 heteroatoms. The van der Waals surface area contributed by atoms with Crippen LogP contribution in [0.1, 0.15) is 18.1 Å². The maximum Gasteiger partial charge on any atom is 0.123 e. The van der Waals surface area contributed by atoms with Gasteiger partial charge in [-0.1, -0.05) is 11.6 Å². The molecule has 0 spiro atoms. The Morgan fingerprint density at radius 1 is 1.37 bits per heavy atom. The molecule has 0 fully saturated rings. The number of aryl methyl sites for hydroxylation is 1. The first kappa shape index (κ1) is 16.2. The molecule has 1 unspecified atom stereocenters. The van der Waals surface area contributed by atoms with Crippen molar-refractivity contribution < 1.29 is 10.2 Å². The van der Waals surface area contributed by atoms with Crippen LogP contribution in [0.25, 0.3) is 0 Å². The largest absolute Gasteiger partial charge is 0.507 e. The van der Waals surface area contributed by atoms with Gasteiger partial charge in [0.05, 0.1) is 5.60 Å². The van der Waals surface area contributed by atoms with Gasteiger partial charge in [-0.2, -0.15) is 0 Å². The van der Waals surface area contributed by atoms with E-state index in [2.05, 4.69) is 5.32 Å². The molecule has 0 aliphatic heterocycles. The molecule has 0 aliphatic rings. The van der Waals surface area contributed by atoms with Crippen LogP contribution in [0.3, 0.4) is 0 Å². The Bertz CT molecular complexity index is 434. The zero-order valence-electron chi connectivity index (χ0n) is 12.0. The quantitative estimate of drug-likeness (QED) is 0.746. The van der Waals surface area contributed by atoms with Gasteiger partial charge < -0.3 is 20.4 Å². The number of nitrogens with one attached hydrogen (secondary N) is 1. The topological polar surface area (TPSA) is 55.7 Å². The number of likely N-dealkylation sites (N-methyl/N-ethyl adjacent to an activating group) is 1. The van der Waals surface area contributed by atoms with Gasteiger partial charge in [0, 0.05) is 30.2 Å². The fourth-order valence-corrected chi connectivity index (χ4v) is 2.44. The summed E-state index contributed by atoms with van der Waals surface area (Å²) in [5.74, 6) is 0.254. The van der Waals surface area contributed by atoms with E-state index < -0.39 is 5.60 Å². The smallest absolute Gasteiger partial charge is 0.123 e. The van der Waals surface area contributed by atoms with Crippen molar-refractivity contribution in [3.05, 3.63) is 28.3 Å². The summed E-state index contributed by atoms with van der Waals surface area (Å²) in [6, 6.07) is 3.46. The van der Waals surface area contributed by atoms with Crippen molar-refractivity contribution in [3.63, 3.8) is 0 Å². The molecule has 0 saturated heterocycles. The van der Waals surface area contributed by atoms with Gasteiger partial charge in [-0.25, -0.2) is 0 Å². The van der Waals surface area contributed by atoms with E-state index in [-0.39, 0.29) is 5.75 Å². The maximum atomic E-state index is 10.1. The van der Waals surface area contributed by atoms with E-state index in [0.717, 1.165) is 11.1 Å². The number of benzene rings is 1. The number of phenols is 1. The minimum absolute atomic E-state index is 0.254. The predicted octanol–water partition coefficient (Wildman–Crippen LogP) is 1.76. The molecule has 1 atom stereocenters. The number of halogens is 1. The first-order valence-electron chi connectivity index (χ1n) is 6.27. The molecule has 19 heavy (non-hydrogen) atoms. The Morgan fingerprint density at radius 2 is 2.00 bits per heavy atom. The van der Waals surface area contributed by atoms with E-state index in [9.17, 15) is 10.2 Å². The first-order chi connectivity index (χ1) is 8.71. The van der Waals surface area contributed by atoms with Gasteiger partial charge in [0.15, 0.2) is 0 Å². The van der Waals surface area contributed by atoms with Crippen molar-refractivity contribution in [3.8, 4) is 5.75 Å². The minimum Gasteiger partial charge on any atom is -0.507 e. The molecule has 0 radical (unpaired) electrons. The van der Waals surface area contributed by atoms with Crippen LogP contribution in [-0.4, -0.2) is 47.9 Å². The number of nitrogens with zero attached hydrogens (tertiary/aromatic N) is 1. The fraction of sp³-hybridized carbons (Fsp3) is 0.571.